The SMILES string of the molecule is COc1cc(NC(=O)c2ccc(OC(=O)c3ccc(F)cc3)cc2)ccc1/C=C/C(=O)O[C@H]1CO[C@H]2[C@@H]1OC[C@H]2OC(=O)/C=C/c1ccc(NC(=O)c2ccc(OC(=O)c3ccc(F)cc3)cc2)cc1OC. The Bertz CT molecular complexity index is 2840. The Kier molecular flexibility index (Phi) is 15.5. The second kappa shape index (κ2) is 22.6. The number of anilines is 2. The van der Waals surface area contributed by atoms with Crippen molar-refractivity contribution in [1.82, 2.24) is 0 Å². The summed E-state index contributed by atoms with van der Waals surface area (Å²) in [5, 5.41) is 5.54. The first-order valence-electron chi connectivity index (χ1n) is 22.0. The van der Waals surface area contributed by atoms with Crippen molar-refractivity contribution in [3.63, 3.8) is 0 Å². The van der Waals surface area contributed by atoms with Gasteiger partial charge in [-0.25, -0.2) is 28.0 Å². The third-order valence-corrected chi connectivity index (χ3v) is 11.1. The van der Waals surface area contributed by atoms with Crippen LogP contribution in [-0.2, 0) is 28.5 Å². The van der Waals surface area contributed by atoms with Crippen LogP contribution in [0, 0.1) is 11.6 Å². The number of hydrogen-bond acceptors (Lipinski definition) is 14. The van der Waals surface area contributed by atoms with Crippen molar-refractivity contribution < 1.29 is 75.4 Å². The second-order valence-electron chi connectivity index (χ2n) is 15.9. The first-order chi connectivity index (χ1) is 34.8. The number of esters is 4. The highest BCUT2D eigenvalue weighted by atomic mass is 19.1. The molecule has 0 aliphatic carbocycles. The number of amides is 2. The van der Waals surface area contributed by atoms with Gasteiger partial charge in [-0.3, -0.25) is 9.59 Å². The summed E-state index contributed by atoms with van der Waals surface area (Å²) in [4.78, 5) is 76.6. The van der Waals surface area contributed by atoms with Gasteiger partial charge in [-0.2, -0.15) is 0 Å². The number of carbonyl (C=O) groups excluding carboxylic acids is 6. The first kappa shape index (κ1) is 49.4. The quantitative estimate of drug-likeness (QED) is 0.0533. The van der Waals surface area contributed by atoms with Gasteiger partial charge in [-0.1, -0.05) is 0 Å². The number of benzene rings is 6. The summed E-state index contributed by atoms with van der Waals surface area (Å²) in [6.45, 7) is 0.000131. The Morgan fingerprint density at radius 3 is 1.22 bits per heavy atom. The molecule has 366 valence electrons. The average molecular weight is 981 g/mol. The molecule has 0 aromatic heterocycles. The van der Waals surface area contributed by atoms with Gasteiger partial charge in [0.15, 0.2) is 12.2 Å². The molecule has 18 heteroatoms. The van der Waals surface area contributed by atoms with Gasteiger partial charge < -0.3 is 48.5 Å². The number of halogens is 2. The summed E-state index contributed by atoms with van der Waals surface area (Å²) in [5.74, 6) is -3.55. The van der Waals surface area contributed by atoms with E-state index in [4.69, 9.17) is 37.9 Å². The van der Waals surface area contributed by atoms with Gasteiger partial charge in [0.2, 0.25) is 0 Å². The molecule has 6 aromatic rings. The molecule has 0 spiro atoms. The molecule has 2 fully saturated rings. The van der Waals surface area contributed by atoms with Crippen LogP contribution in [0.3, 0.4) is 0 Å². The molecule has 0 radical (unpaired) electrons. The maximum Gasteiger partial charge on any atom is 0.343 e. The van der Waals surface area contributed by atoms with Crippen LogP contribution in [0.25, 0.3) is 12.2 Å². The van der Waals surface area contributed by atoms with E-state index >= 15 is 0 Å². The van der Waals surface area contributed by atoms with E-state index < -0.39 is 71.7 Å². The average Bonchev–Trinajstić information content (AvgIpc) is 3.98. The summed E-state index contributed by atoms with van der Waals surface area (Å²) >= 11 is 0. The molecule has 2 amide bonds. The maximum absolute atomic E-state index is 13.2. The molecule has 2 saturated heterocycles. The number of methoxy groups -OCH3 is 2. The molecule has 16 nitrogen and oxygen atoms in total. The zero-order chi connectivity index (χ0) is 50.7. The van der Waals surface area contributed by atoms with E-state index in [2.05, 4.69) is 10.6 Å². The molecule has 2 aliphatic heterocycles. The Hall–Kier alpha value is -9.00. The van der Waals surface area contributed by atoms with Crippen LogP contribution >= 0.6 is 0 Å². The van der Waals surface area contributed by atoms with Crippen molar-refractivity contribution in [1.29, 1.82) is 0 Å². The number of fused-ring (bicyclic) bond motifs is 1. The van der Waals surface area contributed by atoms with E-state index in [1.165, 1.54) is 111 Å². The maximum atomic E-state index is 13.2. The minimum Gasteiger partial charge on any atom is -0.496 e. The first-order valence-corrected chi connectivity index (χ1v) is 22.0. The highest BCUT2D eigenvalue weighted by Crippen LogP contribution is 2.32. The van der Waals surface area contributed by atoms with E-state index in [1.54, 1.807) is 36.4 Å². The molecule has 0 saturated carbocycles. The lowest BCUT2D eigenvalue weighted by atomic mass is 10.1. The van der Waals surface area contributed by atoms with Gasteiger partial charge in [-0.15, -0.1) is 0 Å². The monoisotopic (exact) mass is 980 g/mol. The van der Waals surface area contributed by atoms with Crippen molar-refractivity contribution in [3.05, 3.63) is 191 Å². The van der Waals surface area contributed by atoms with Crippen LogP contribution in [0.2, 0.25) is 0 Å². The highest BCUT2D eigenvalue weighted by Gasteiger charge is 2.51. The van der Waals surface area contributed by atoms with E-state index in [-0.39, 0.29) is 47.0 Å². The zero-order valence-electron chi connectivity index (χ0n) is 38.2. The fourth-order valence-corrected chi connectivity index (χ4v) is 7.44. The van der Waals surface area contributed by atoms with E-state index in [9.17, 15) is 37.5 Å². The summed E-state index contributed by atoms with van der Waals surface area (Å²) in [6.07, 6.45) is 2.42. The van der Waals surface area contributed by atoms with E-state index in [1.807, 2.05) is 0 Å². The predicted octanol–water partition coefficient (Wildman–Crippen LogP) is 8.27. The van der Waals surface area contributed by atoms with Gasteiger partial charge in [0.1, 0.15) is 46.8 Å². The molecule has 2 N–H and O–H groups in total. The molecule has 0 bridgehead atoms. The summed E-state index contributed by atoms with van der Waals surface area (Å²) in [5.41, 5.74) is 2.69. The predicted molar refractivity (Wildman–Crippen MR) is 255 cm³/mol. The Labute approximate surface area is 409 Å². The molecule has 72 heavy (non-hydrogen) atoms. The topological polar surface area (TPSA) is 200 Å². The number of nitrogens with one attached hydrogen (secondary N) is 2. The Morgan fingerprint density at radius 1 is 0.500 bits per heavy atom. The molecule has 8 rings (SSSR count). The van der Waals surface area contributed by atoms with Gasteiger partial charge in [0, 0.05) is 57.9 Å². The van der Waals surface area contributed by atoms with Crippen LogP contribution in [0.4, 0.5) is 20.2 Å². The van der Waals surface area contributed by atoms with Gasteiger partial charge in [0.05, 0.1) is 38.6 Å². The Morgan fingerprint density at radius 2 is 0.861 bits per heavy atom. The van der Waals surface area contributed by atoms with Crippen molar-refractivity contribution in [2.75, 3.05) is 38.1 Å². The third kappa shape index (κ3) is 12.4. The minimum absolute atomic E-state index is 0.0000655. The minimum atomic E-state index is -0.789. The van der Waals surface area contributed by atoms with Crippen molar-refractivity contribution in [3.8, 4) is 23.0 Å². The molecular formula is C54H42F2N2O14. The van der Waals surface area contributed by atoms with Gasteiger partial charge >= 0.3 is 23.9 Å². The Balaban J connectivity index is 0.780. The van der Waals surface area contributed by atoms with Crippen molar-refractivity contribution in [2.45, 2.75) is 24.4 Å². The van der Waals surface area contributed by atoms with E-state index in [0.29, 0.717) is 34.0 Å². The molecule has 6 aromatic carbocycles. The van der Waals surface area contributed by atoms with Crippen LogP contribution in [0.1, 0.15) is 52.6 Å². The second-order valence-corrected chi connectivity index (χ2v) is 15.9. The van der Waals surface area contributed by atoms with Crippen LogP contribution in [0.5, 0.6) is 23.0 Å². The lowest BCUT2D eigenvalue weighted by Crippen LogP contribution is -2.35. The fourth-order valence-electron chi connectivity index (χ4n) is 7.44. The highest BCUT2D eigenvalue weighted by molar-refractivity contribution is 6.05. The number of hydrogen-bond donors (Lipinski definition) is 2. The van der Waals surface area contributed by atoms with Crippen LogP contribution < -0.4 is 29.6 Å². The molecule has 0 unspecified atom stereocenters. The van der Waals surface area contributed by atoms with Crippen molar-refractivity contribution in [2.24, 2.45) is 0 Å². The molecule has 4 atom stereocenters. The zero-order valence-corrected chi connectivity index (χ0v) is 38.2. The standard InChI is InChI=1S/C54H42F2N2O14/c1-65-43-27-39(57-51(61)33-9-21-41(22-10-33)69-53(63)35-3-15-37(55)16-4-35)19-7-31(43)13-25-47(59)71-45-29-67-50-46(30-68-49(45)50)72-48(60)26-14-32-8-20-40(28-44(32)66-2)58-52(62)34-11-23-42(24-12-34)70-54(64)36-5-17-38(56)18-6-36/h3-28,45-46,49-50H,29-30H2,1-2H3,(H,57,61)(H,58,62)/b25-13+,26-14+/t45-,46+,49-,50-/m1/s1. The summed E-state index contributed by atoms with van der Waals surface area (Å²) in [7, 11) is 2.86. The fraction of sp³-hybridized carbons (Fsp3) is 0.148. The lowest BCUT2D eigenvalue weighted by Gasteiger charge is -2.16. The van der Waals surface area contributed by atoms with Crippen molar-refractivity contribution >= 4 is 59.2 Å². The molecular weight excluding hydrogens is 939 g/mol. The lowest BCUT2D eigenvalue weighted by molar-refractivity contribution is -0.149. The van der Waals surface area contributed by atoms with E-state index in [0.717, 1.165) is 24.3 Å². The normalized spacial score (nSPS) is 16.9. The number of rotatable bonds is 16. The number of carbonyl (C=O) groups is 6. The van der Waals surface area contributed by atoms with Gasteiger partial charge in [0.25, 0.3) is 11.8 Å². The molecule has 2 heterocycles. The van der Waals surface area contributed by atoms with Gasteiger partial charge in [-0.05, 0) is 133 Å². The van der Waals surface area contributed by atoms with Crippen LogP contribution in [0.15, 0.2) is 146 Å². The largest absolute Gasteiger partial charge is 0.496 e. The molecule has 2 aliphatic rings. The smallest absolute Gasteiger partial charge is 0.343 e. The number of ether oxygens (including phenoxy) is 8. The van der Waals surface area contributed by atoms with Crippen LogP contribution in [-0.4, -0.2) is 87.5 Å². The third-order valence-electron chi connectivity index (χ3n) is 11.1. The summed E-state index contributed by atoms with van der Waals surface area (Å²) < 4.78 is 71.0. The summed E-state index contributed by atoms with van der Waals surface area (Å²) in [6, 6.07) is 31.2.